The van der Waals surface area contributed by atoms with Crippen molar-refractivity contribution in [2.24, 2.45) is 0 Å². The number of rotatable bonds is 1. The van der Waals surface area contributed by atoms with Crippen molar-refractivity contribution in [3.63, 3.8) is 0 Å². The van der Waals surface area contributed by atoms with Crippen molar-refractivity contribution < 1.29 is 13.2 Å². The molecular formula is C10H12ClF3N2. The van der Waals surface area contributed by atoms with Gasteiger partial charge in [0.2, 0.25) is 0 Å². The summed E-state index contributed by atoms with van der Waals surface area (Å²) in [6.07, 6.45) is -2.91. The van der Waals surface area contributed by atoms with E-state index >= 15 is 0 Å². The van der Waals surface area contributed by atoms with Crippen molar-refractivity contribution in [3.05, 3.63) is 29.1 Å². The highest BCUT2D eigenvalue weighted by Crippen LogP contribution is 2.33. The molecule has 1 atom stereocenters. The minimum absolute atomic E-state index is 0. The minimum atomic E-state index is -4.34. The third-order valence-electron chi connectivity index (χ3n) is 2.69. The van der Waals surface area contributed by atoms with Gasteiger partial charge in [-0.25, -0.2) is 4.98 Å². The number of nitrogens with zero attached hydrogens (tertiary/aromatic N) is 1. The van der Waals surface area contributed by atoms with Gasteiger partial charge in [0.1, 0.15) is 5.69 Å². The van der Waals surface area contributed by atoms with Crippen LogP contribution in [0.3, 0.4) is 0 Å². The first-order valence-corrected chi connectivity index (χ1v) is 4.76. The molecule has 0 amide bonds. The number of pyridine rings is 1. The van der Waals surface area contributed by atoms with Gasteiger partial charge >= 0.3 is 6.18 Å². The third-order valence-corrected chi connectivity index (χ3v) is 2.69. The van der Waals surface area contributed by atoms with Gasteiger partial charge in [0, 0.05) is 11.7 Å². The van der Waals surface area contributed by atoms with E-state index in [4.69, 9.17) is 0 Å². The van der Waals surface area contributed by atoms with Gasteiger partial charge in [-0.15, -0.1) is 12.4 Å². The quantitative estimate of drug-likeness (QED) is 0.831. The van der Waals surface area contributed by atoms with Gasteiger partial charge in [-0.05, 0) is 31.5 Å². The van der Waals surface area contributed by atoms with Crippen LogP contribution >= 0.6 is 12.4 Å². The zero-order valence-electron chi connectivity index (χ0n) is 8.64. The summed E-state index contributed by atoms with van der Waals surface area (Å²) in [5.74, 6) is 0. The van der Waals surface area contributed by atoms with E-state index in [-0.39, 0.29) is 18.4 Å². The predicted molar refractivity (Wildman–Crippen MR) is 56.6 cm³/mol. The zero-order chi connectivity index (χ0) is 11.1. The number of hydrogen-bond donors (Lipinski definition) is 1. The van der Waals surface area contributed by atoms with E-state index in [1.54, 1.807) is 7.05 Å². The Morgan fingerprint density at radius 2 is 2.06 bits per heavy atom. The second-order valence-electron chi connectivity index (χ2n) is 3.61. The Morgan fingerprint density at radius 3 is 2.62 bits per heavy atom. The smallest absolute Gasteiger partial charge is 0.313 e. The maximum Gasteiger partial charge on any atom is 0.433 e. The van der Waals surface area contributed by atoms with E-state index in [9.17, 15) is 13.2 Å². The Morgan fingerprint density at radius 1 is 1.38 bits per heavy atom. The molecule has 16 heavy (non-hydrogen) atoms. The normalized spacial score (nSPS) is 19.1. The maximum atomic E-state index is 12.4. The van der Waals surface area contributed by atoms with Gasteiger partial charge < -0.3 is 5.32 Å². The lowest BCUT2D eigenvalue weighted by molar-refractivity contribution is -0.141. The van der Waals surface area contributed by atoms with Gasteiger partial charge in [0.05, 0.1) is 0 Å². The Kier molecular flexibility index (Phi) is 3.80. The number of aromatic nitrogens is 1. The Hall–Kier alpha value is -0.810. The summed E-state index contributed by atoms with van der Waals surface area (Å²) in [5, 5.41) is 3.06. The number of aryl methyl sites for hydroxylation is 1. The number of fused-ring (bicyclic) bond motifs is 1. The molecule has 1 aliphatic rings. The van der Waals surface area contributed by atoms with Crippen LogP contribution in [0.2, 0.25) is 0 Å². The molecule has 0 spiro atoms. The molecule has 0 saturated carbocycles. The Bertz CT molecular complexity index is 379. The lowest BCUT2D eigenvalue weighted by Crippen LogP contribution is -2.14. The third kappa shape index (κ3) is 2.30. The SMILES string of the molecule is CNC1CCc2nc(C(F)(F)F)ccc21.Cl. The summed E-state index contributed by atoms with van der Waals surface area (Å²) in [6.45, 7) is 0. The van der Waals surface area contributed by atoms with Crippen LogP contribution in [0, 0.1) is 0 Å². The van der Waals surface area contributed by atoms with E-state index in [0.29, 0.717) is 12.1 Å². The molecule has 1 aromatic heterocycles. The molecule has 2 nitrogen and oxygen atoms in total. The van der Waals surface area contributed by atoms with Gasteiger partial charge in [-0.3, -0.25) is 0 Å². The van der Waals surface area contributed by atoms with Crippen LogP contribution in [0.25, 0.3) is 0 Å². The zero-order valence-corrected chi connectivity index (χ0v) is 9.45. The number of nitrogens with one attached hydrogen (secondary N) is 1. The van der Waals surface area contributed by atoms with Gasteiger partial charge in [0.15, 0.2) is 0 Å². The summed E-state index contributed by atoms with van der Waals surface area (Å²) in [6, 6.07) is 2.73. The van der Waals surface area contributed by atoms with Crippen molar-refractivity contribution in [2.75, 3.05) is 7.05 Å². The molecule has 0 aromatic carbocycles. The molecule has 1 N–H and O–H groups in total. The van der Waals surface area contributed by atoms with Crippen LogP contribution in [0.4, 0.5) is 13.2 Å². The van der Waals surface area contributed by atoms with E-state index in [1.807, 2.05) is 0 Å². The van der Waals surface area contributed by atoms with Gasteiger partial charge in [-0.2, -0.15) is 13.2 Å². The minimum Gasteiger partial charge on any atom is -0.313 e. The van der Waals surface area contributed by atoms with E-state index in [2.05, 4.69) is 10.3 Å². The standard InChI is InChI=1S/C10H11F3N2.ClH/c1-14-7-3-4-8-6(7)2-5-9(15-8)10(11,12)13;/h2,5,7,14H,3-4H2,1H3;1H. The molecule has 1 unspecified atom stereocenters. The average Bonchev–Trinajstić information content (AvgIpc) is 2.58. The molecule has 0 bridgehead atoms. The average molecular weight is 253 g/mol. The molecule has 0 saturated heterocycles. The molecular weight excluding hydrogens is 241 g/mol. The lowest BCUT2D eigenvalue weighted by Gasteiger charge is -2.11. The molecule has 0 fully saturated rings. The molecule has 90 valence electrons. The summed E-state index contributed by atoms with van der Waals surface area (Å²) in [4.78, 5) is 3.66. The fourth-order valence-electron chi connectivity index (χ4n) is 1.92. The van der Waals surface area contributed by atoms with E-state index < -0.39 is 11.9 Å². The van der Waals surface area contributed by atoms with E-state index in [0.717, 1.165) is 18.1 Å². The maximum absolute atomic E-state index is 12.4. The Balaban J connectivity index is 0.00000128. The van der Waals surface area contributed by atoms with Crippen molar-refractivity contribution in [2.45, 2.75) is 25.1 Å². The molecule has 6 heteroatoms. The molecule has 1 aromatic rings. The number of halogens is 4. The van der Waals surface area contributed by atoms with Crippen LogP contribution in [0.1, 0.15) is 29.4 Å². The highest BCUT2D eigenvalue weighted by atomic mass is 35.5. The van der Waals surface area contributed by atoms with Crippen molar-refractivity contribution in [1.29, 1.82) is 0 Å². The summed E-state index contributed by atoms with van der Waals surface area (Å²) in [5.41, 5.74) is 0.674. The van der Waals surface area contributed by atoms with Crippen LogP contribution in [-0.2, 0) is 12.6 Å². The fraction of sp³-hybridized carbons (Fsp3) is 0.500. The first-order chi connectivity index (χ1) is 7.02. The van der Waals surface area contributed by atoms with E-state index in [1.165, 1.54) is 6.07 Å². The largest absolute Gasteiger partial charge is 0.433 e. The number of hydrogen-bond acceptors (Lipinski definition) is 2. The topological polar surface area (TPSA) is 24.9 Å². The fourth-order valence-corrected chi connectivity index (χ4v) is 1.92. The molecule has 0 radical (unpaired) electrons. The summed E-state index contributed by atoms with van der Waals surface area (Å²) < 4.78 is 37.1. The monoisotopic (exact) mass is 252 g/mol. The lowest BCUT2D eigenvalue weighted by atomic mass is 10.1. The van der Waals surface area contributed by atoms with Crippen LogP contribution in [0.15, 0.2) is 12.1 Å². The first-order valence-electron chi connectivity index (χ1n) is 4.76. The van der Waals surface area contributed by atoms with Gasteiger partial charge in [0.25, 0.3) is 0 Å². The first kappa shape index (κ1) is 13.3. The second kappa shape index (κ2) is 4.59. The predicted octanol–water partition coefficient (Wildman–Crippen LogP) is 2.73. The van der Waals surface area contributed by atoms with Crippen LogP contribution < -0.4 is 5.32 Å². The van der Waals surface area contributed by atoms with Crippen LogP contribution in [-0.4, -0.2) is 12.0 Å². The molecule has 2 rings (SSSR count). The highest BCUT2D eigenvalue weighted by Gasteiger charge is 2.34. The van der Waals surface area contributed by atoms with Crippen molar-refractivity contribution >= 4 is 12.4 Å². The highest BCUT2D eigenvalue weighted by molar-refractivity contribution is 5.85. The molecule has 1 aliphatic carbocycles. The summed E-state index contributed by atoms with van der Waals surface area (Å²) >= 11 is 0. The summed E-state index contributed by atoms with van der Waals surface area (Å²) in [7, 11) is 1.80. The van der Waals surface area contributed by atoms with Crippen molar-refractivity contribution in [1.82, 2.24) is 10.3 Å². The van der Waals surface area contributed by atoms with Crippen molar-refractivity contribution in [3.8, 4) is 0 Å². The molecule has 1 heterocycles. The second-order valence-corrected chi connectivity index (χ2v) is 3.61. The Labute approximate surface area is 97.7 Å². The number of alkyl halides is 3. The molecule has 0 aliphatic heterocycles. The van der Waals surface area contributed by atoms with Crippen LogP contribution in [0.5, 0.6) is 0 Å². The van der Waals surface area contributed by atoms with Gasteiger partial charge in [-0.1, -0.05) is 6.07 Å².